The summed E-state index contributed by atoms with van der Waals surface area (Å²) < 4.78 is 0. The zero-order chi connectivity index (χ0) is 8.97. The minimum atomic E-state index is -0.263. The van der Waals surface area contributed by atoms with E-state index in [9.17, 15) is 4.79 Å². The van der Waals surface area contributed by atoms with Gasteiger partial charge in [-0.1, -0.05) is 6.58 Å². The standard InChI is InChI=1S/C8H13N3O/c1-2-10-5-6-11(7-10)4-3-8(9)12/h2,5-6H,1,3-4,7H2,(H2,9,12). The highest BCUT2D eigenvalue weighted by Gasteiger charge is 2.09. The Morgan fingerprint density at radius 1 is 1.67 bits per heavy atom. The van der Waals surface area contributed by atoms with Crippen molar-refractivity contribution in [2.75, 3.05) is 13.2 Å². The van der Waals surface area contributed by atoms with Crippen LogP contribution in [0.1, 0.15) is 6.42 Å². The second-order valence-corrected chi connectivity index (χ2v) is 2.67. The lowest BCUT2D eigenvalue weighted by Crippen LogP contribution is -2.26. The molecule has 0 aliphatic carbocycles. The van der Waals surface area contributed by atoms with Crippen LogP contribution in [0.15, 0.2) is 25.2 Å². The van der Waals surface area contributed by atoms with Gasteiger partial charge in [0, 0.05) is 25.4 Å². The molecule has 0 bridgehead atoms. The fraction of sp³-hybridized carbons (Fsp3) is 0.375. The van der Waals surface area contributed by atoms with Gasteiger partial charge in [0.15, 0.2) is 0 Å². The maximum Gasteiger partial charge on any atom is 0.219 e. The Balaban J connectivity index is 2.25. The molecule has 1 amide bonds. The molecule has 0 spiro atoms. The first-order valence-corrected chi connectivity index (χ1v) is 3.81. The van der Waals surface area contributed by atoms with Gasteiger partial charge in [0.05, 0.1) is 6.67 Å². The summed E-state index contributed by atoms with van der Waals surface area (Å²) in [6.45, 7) is 5.07. The van der Waals surface area contributed by atoms with Crippen LogP contribution < -0.4 is 5.73 Å². The minimum Gasteiger partial charge on any atom is -0.370 e. The van der Waals surface area contributed by atoms with Crippen LogP contribution in [0, 0.1) is 0 Å². The van der Waals surface area contributed by atoms with Gasteiger partial charge in [-0.2, -0.15) is 0 Å². The number of nitrogens with two attached hydrogens (primary N) is 1. The van der Waals surface area contributed by atoms with Crippen LogP contribution in [0.2, 0.25) is 0 Å². The van der Waals surface area contributed by atoms with Crippen molar-refractivity contribution in [2.24, 2.45) is 5.73 Å². The molecule has 0 atom stereocenters. The van der Waals surface area contributed by atoms with E-state index in [0.717, 1.165) is 6.67 Å². The van der Waals surface area contributed by atoms with Gasteiger partial charge in [-0.25, -0.2) is 0 Å². The van der Waals surface area contributed by atoms with Crippen molar-refractivity contribution >= 4 is 5.91 Å². The molecule has 1 aliphatic heterocycles. The SMILES string of the molecule is C=CN1C=CN(CCC(N)=O)C1. The zero-order valence-corrected chi connectivity index (χ0v) is 6.94. The molecule has 0 aromatic rings. The molecule has 66 valence electrons. The summed E-state index contributed by atoms with van der Waals surface area (Å²) in [7, 11) is 0. The number of hydrogen-bond acceptors (Lipinski definition) is 3. The van der Waals surface area contributed by atoms with Crippen molar-refractivity contribution in [3.63, 3.8) is 0 Å². The summed E-state index contributed by atoms with van der Waals surface area (Å²) >= 11 is 0. The second-order valence-electron chi connectivity index (χ2n) is 2.67. The molecule has 0 radical (unpaired) electrons. The number of primary amides is 1. The van der Waals surface area contributed by atoms with Crippen molar-refractivity contribution in [1.29, 1.82) is 0 Å². The quantitative estimate of drug-likeness (QED) is 0.643. The Bertz CT molecular complexity index is 212. The highest BCUT2D eigenvalue weighted by atomic mass is 16.1. The Hall–Kier alpha value is -1.45. The predicted molar refractivity (Wildman–Crippen MR) is 46.6 cm³/mol. The average molecular weight is 167 g/mol. The number of carbonyl (C=O) groups excluding carboxylic acids is 1. The topological polar surface area (TPSA) is 49.6 Å². The highest BCUT2D eigenvalue weighted by molar-refractivity contribution is 5.73. The normalized spacial score (nSPS) is 15.3. The molecule has 1 rings (SSSR count). The first-order chi connectivity index (χ1) is 5.72. The average Bonchev–Trinajstić information content (AvgIpc) is 2.48. The maximum atomic E-state index is 10.4. The molecule has 0 unspecified atom stereocenters. The van der Waals surface area contributed by atoms with E-state index in [1.165, 1.54) is 0 Å². The summed E-state index contributed by atoms with van der Waals surface area (Å²) in [5, 5.41) is 0. The fourth-order valence-corrected chi connectivity index (χ4v) is 1.00. The van der Waals surface area contributed by atoms with Crippen molar-refractivity contribution in [2.45, 2.75) is 6.42 Å². The van der Waals surface area contributed by atoms with Gasteiger partial charge < -0.3 is 15.5 Å². The van der Waals surface area contributed by atoms with Crippen LogP contribution in [0.25, 0.3) is 0 Å². The molecular weight excluding hydrogens is 154 g/mol. The van der Waals surface area contributed by atoms with Crippen LogP contribution >= 0.6 is 0 Å². The van der Waals surface area contributed by atoms with Crippen molar-refractivity contribution in [3.05, 3.63) is 25.2 Å². The van der Waals surface area contributed by atoms with Gasteiger partial charge in [-0.15, -0.1) is 0 Å². The molecule has 1 heterocycles. The van der Waals surface area contributed by atoms with Gasteiger partial charge in [-0.3, -0.25) is 4.79 Å². The molecule has 0 aromatic heterocycles. The molecule has 0 saturated heterocycles. The van der Waals surface area contributed by atoms with Crippen LogP contribution in [0.4, 0.5) is 0 Å². The number of carbonyl (C=O) groups is 1. The van der Waals surface area contributed by atoms with Crippen molar-refractivity contribution in [1.82, 2.24) is 9.80 Å². The van der Waals surface area contributed by atoms with E-state index in [4.69, 9.17) is 5.73 Å². The third-order valence-electron chi connectivity index (χ3n) is 1.69. The lowest BCUT2D eigenvalue weighted by molar-refractivity contribution is -0.118. The molecule has 4 nitrogen and oxygen atoms in total. The van der Waals surface area contributed by atoms with Crippen LogP contribution in [-0.2, 0) is 4.79 Å². The van der Waals surface area contributed by atoms with E-state index in [-0.39, 0.29) is 5.91 Å². The summed E-state index contributed by atoms with van der Waals surface area (Å²) in [6.07, 6.45) is 5.97. The van der Waals surface area contributed by atoms with Gasteiger partial charge in [-0.05, 0) is 6.20 Å². The van der Waals surface area contributed by atoms with Gasteiger partial charge in [0.25, 0.3) is 0 Å². The van der Waals surface area contributed by atoms with Gasteiger partial charge >= 0.3 is 0 Å². The maximum absolute atomic E-state index is 10.4. The number of rotatable bonds is 4. The van der Waals surface area contributed by atoms with E-state index in [1.54, 1.807) is 6.20 Å². The van der Waals surface area contributed by atoms with Crippen molar-refractivity contribution < 1.29 is 4.79 Å². The van der Waals surface area contributed by atoms with Crippen LogP contribution in [-0.4, -0.2) is 28.9 Å². The Morgan fingerprint density at radius 3 is 2.92 bits per heavy atom. The smallest absolute Gasteiger partial charge is 0.219 e. The minimum absolute atomic E-state index is 0.263. The number of amides is 1. The van der Waals surface area contributed by atoms with E-state index in [1.807, 2.05) is 22.2 Å². The number of hydrogen-bond donors (Lipinski definition) is 1. The zero-order valence-electron chi connectivity index (χ0n) is 6.94. The molecule has 12 heavy (non-hydrogen) atoms. The second kappa shape index (κ2) is 3.80. The van der Waals surface area contributed by atoms with E-state index >= 15 is 0 Å². The molecule has 0 saturated carbocycles. The van der Waals surface area contributed by atoms with E-state index < -0.39 is 0 Å². The molecule has 0 fully saturated rings. The Labute approximate surface area is 71.9 Å². The fourth-order valence-electron chi connectivity index (χ4n) is 1.00. The summed E-state index contributed by atoms with van der Waals surface area (Å²) in [6, 6.07) is 0. The summed E-state index contributed by atoms with van der Waals surface area (Å²) in [4.78, 5) is 14.4. The van der Waals surface area contributed by atoms with Crippen LogP contribution in [0.5, 0.6) is 0 Å². The molecule has 4 heteroatoms. The van der Waals surface area contributed by atoms with Gasteiger partial charge in [0.1, 0.15) is 0 Å². The molecule has 1 aliphatic rings. The molecular formula is C8H13N3O. The largest absolute Gasteiger partial charge is 0.370 e. The molecule has 0 aromatic carbocycles. The van der Waals surface area contributed by atoms with E-state index in [2.05, 4.69) is 6.58 Å². The van der Waals surface area contributed by atoms with Gasteiger partial charge in [0.2, 0.25) is 5.91 Å². The van der Waals surface area contributed by atoms with Crippen LogP contribution in [0.3, 0.4) is 0 Å². The monoisotopic (exact) mass is 167 g/mol. The first kappa shape index (κ1) is 8.64. The lowest BCUT2D eigenvalue weighted by Gasteiger charge is -2.17. The lowest BCUT2D eigenvalue weighted by atomic mass is 10.4. The Morgan fingerprint density at radius 2 is 2.42 bits per heavy atom. The van der Waals surface area contributed by atoms with E-state index in [0.29, 0.717) is 13.0 Å². The number of nitrogens with zero attached hydrogens (tertiary/aromatic N) is 2. The molecule has 2 N–H and O–H groups in total. The highest BCUT2D eigenvalue weighted by Crippen LogP contribution is 2.06. The first-order valence-electron chi connectivity index (χ1n) is 3.81. The Kier molecular flexibility index (Phi) is 2.74. The third-order valence-corrected chi connectivity index (χ3v) is 1.69. The third kappa shape index (κ3) is 2.30. The predicted octanol–water partition coefficient (Wildman–Crippen LogP) is 0.0516. The van der Waals surface area contributed by atoms with Crippen molar-refractivity contribution in [3.8, 4) is 0 Å². The summed E-state index contributed by atoms with van der Waals surface area (Å²) in [5.74, 6) is -0.263. The summed E-state index contributed by atoms with van der Waals surface area (Å²) in [5.41, 5.74) is 5.01.